The highest BCUT2D eigenvalue weighted by Gasteiger charge is 2.31. The Kier molecular flexibility index (Phi) is 14.4. The molecular formula is C23H35O7P. The van der Waals surface area contributed by atoms with Gasteiger partial charge in [0.2, 0.25) is 0 Å². The number of aliphatic hydroxyl groups is 1. The van der Waals surface area contributed by atoms with Crippen molar-refractivity contribution >= 4 is 25.2 Å². The lowest BCUT2D eigenvalue weighted by Gasteiger charge is -2.23. The number of carbonyl (C=O) groups is 3. The van der Waals surface area contributed by atoms with Gasteiger partial charge in [-0.1, -0.05) is 36.9 Å². The minimum absolute atomic E-state index is 0.155. The first-order valence-electron chi connectivity index (χ1n) is 10.4. The Morgan fingerprint density at radius 2 is 1.55 bits per heavy atom. The Balaban J connectivity index is 0.000000823. The summed E-state index contributed by atoms with van der Waals surface area (Å²) in [5, 5.41) is 19.7. The standard InChI is InChI=1S/C16H30O5P.C7H6O2/c1-6-22(7-2,8-3)10-9-15(18)20-11-14(17)12-21-16(19)13(4)5;8-7(9)6-4-2-1-3-5-6/h14,17H,4,6-12H2,1-3,5H3;1-5H,(H,8,9)/q+1;/p-1. The van der Waals surface area contributed by atoms with Crippen LogP contribution in [0.5, 0.6) is 0 Å². The van der Waals surface area contributed by atoms with E-state index in [9.17, 15) is 24.6 Å². The van der Waals surface area contributed by atoms with E-state index in [1.54, 1.807) is 18.2 Å². The second-order valence-corrected chi connectivity index (χ2v) is 12.2. The lowest BCUT2D eigenvalue weighted by molar-refractivity contribution is -0.255. The average molecular weight is 455 g/mol. The first-order chi connectivity index (χ1) is 14.6. The number of carbonyl (C=O) groups excluding carboxylic acids is 3. The topological polar surface area (TPSA) is 113 Å². The highest BCUT2D eigenvalue weighted by Crippen LogP contribution is 2.58. The third-order valence-electron chi connectivity index (χ3n) is 5.00. The zero-order chi connectivity index (χ0) is 23.9. The molecule has 1 aromatic rings. The zero-order valence-corrected chi connectivity index (χ0v) is 19.9. The maximum Gasteiger partial charge on any atom is 0.333 e. The molecule has 8 heteroatoms. The zero-order valence-electron chi connectivity index (χ0n) is 19.0. The van der Waals surface area contributed by atoms with Crippen LogP contribution in [0.2, 0.25) is 0 Å². The summed E-state index contributed by atoms with van der Waals surface area (Å²) in [4.78, 5) is 33.0. The number of hydrogen-bond donors (Lipinski definition) is 1. The molecule has 1 N–H and O–H groups in total. The number of esters is 2. The number of rotatable bonds is 12. The van der Waals surface area contributed by atoms with Gasteiger partial charge in [0.05, 0.1) is 37.0 Å². The van der Waals surface area contributed by atoms with Crippen LogP contribution in [-0.4, -0.2) is 67.0 Å². The highest BCUT2D eigenvalue weighted by molar-refractivity contribution is 7.75. The third-order valence-corrected chi connectivity index (χ3v) is 10.2. The van der Waals surface area contributed by atoms with E-state index >= 15 is 0 Å². The molecule has 0 aliphatic rings. The molecule has 0 bridgehead atoms. The molecule has 1 atom stereocenters. The van der Waals surface area contributed by atoms with Crippen LogP contribution in [-0.2, 0) is 19.1 Å². The van der Waals surface area contributed by atoms with Gasteiger partial charge < -0.3 is 24.5 Å². The Morgan fingerprint density at radius 1 is 1.03 bits per heavy atom. The van der Waals surface area contributed by atoms with Crippen LogP contribution in [0.25, 0.3) is 0 Å². The summed E-state index contributed by atoms with van der Waals surface area (Å²) in [5.41, 5.74) is 0.487. The molecule has 7 nitrogen and oxygen atoms in total. The van der Waals surface area contributed by atoms with E-state index in [1.165, 1.54) is 19.1 Å². The first-order valence-corrected chi connectivity index (χ1v) is 12.9. The van der Waals surface area contributed by atoms with E-state index in [1.807, 2.05) is 0 Å². The summed E-state index contributed by atoms with van der Waals surface area (Å²) in [6.07, 6.45) is 3.72. The fraction of sp³-hybridized carbons (Fsp3) is 0.522. The lowest BCUT2D eigenvalue weighted by Crippen LogP contribution is -2.26. The van der Waals surface area contributed by atoms with Crippen molar-refractivity contribution < 1.29 is 34.1 Å². The fourth-order valence-corrected chi connectivity index (χ4v) is 5.60. The summed E-state index contributed by atoms with van der Waals surface area (Å²) >= 11 is 0. The predicted octanol–water partition coefficient (Wildman–Crippen LogP) is 2.53. The van der Waals surface area contributed by atoms with Crippen LogP contribution < -0.4 is 5.11 Å². The normalized spacial score (nSPS) is 11.5. The van der Waals surface area contributed by atoms with Gasteiger partial charge in [-0.05, 0) is 33.3 Å². The van der Waals surface area contributed by atoms with Crippen LogP contribution in [0.1, 0.15) is 44.5 Å². The van der Waals surface area contributed by atoms with Crippen LogP contribution in [0.15, 0.2) is 42.5 Å². The third kappa shape index (κ3) is 12.3. The average Bonchev–Trinajstić information content (AvgIpc) is 2.78. The molecule has 0 saturated carbocycles. The molecule has 0 heterocycles. The van der Waals surface area contributed by atoms with E-state index < -0.39 is 25.3 Å². The second kappa shape index (κ2) is 15.5. The van der Waals surface area contributed by atoms with E-state index in [4.69, 9.17) is 9.47 Å². The number of aliphatic hydroxyl groups excluding tert-OH is 1. The molecule has 0 fully saturated rings. The maximum absolute atomic E-state index is 11.8. The Bertz CT molecular complexity index is 691. The number of hydrogen-bond acceptors (Lipinski definition) is 7. The number of aromatic carboxylic acids is 1. The molecule has 0 spiro atoms. The summed E-state index contributed by atoms with van der Waals surface area (Å²) in [6.45, 7) is 11.2. The molecule has 0 aromatic heterocycles. The van der Waals surface area contributed by atoms with Gasteiger partial charge in [-0.15, -0.1) is 0 Å². The monoisotopic (exact) mass is 454 g/mol. The van der Waals surface area contributed by atoms with Crippen LogP contribution in [0, 0.1) is 0 Å². The van der Waals surface area contributed by atoms with E-state index in [2.05, 4.69) is 27.4 Å². The van der Waals surface area contributed by atoms with Gasteiger partial charge in [0.1, 0.15) is 19.3 Å². The summed E-state index contributed by atoms with van der Waals surface area (Å²) in [7, 11) is -1.02. The minimum Gasteiger partial charge on any atom is -0.545 e. The Hall–Kier alpha value is -2.24. The van der Waals surface area contributed by atoms with Crippen molar-refractivity contribution in [3.63, 3.8) is 0 Å². The summed E-state index contributed by atoms with van der Waals surface area (Å²) in [5.74, 6) is -1.99. The molecule has 0 radical (unpaired) electrons. The minimum atomic E-state index is -1.13. The van der Waals surface area contributed by atoms with Crippen molar-refractivity contribution in [2.45, 2.75) is 40.2 Å². The van der Waals surface area contributed by atoms with Crippen LogP contribution in [0.4, 0.5) is 0 Å². The van der Waals surface area contributed by atoms with Gasteiger partial charge in [-0.25, -0.2) is 4.79 Å². The molecule has 0 aliphatic carbocycles. The Morgan fingerprint density at radius 3 is 1.97 bits per heavy atom. The quantitative estimate of drug-likeness (QED) is 0.293. The van der Waals surface area contributed by atoms with E-state index in [0.717, 1.165) is 24.6 Å². The molecular weight excluding hydrogens is 419 g/mol. The van der Waals surface area contributed by atoms with E-state index in [0.29, 0.717) is 6.42 Å². The fourth-order valence-electron chi connectivity index (χ4n) is 2.65. The molecule has 31 heavy (non-hydrogen) atoms. The number of benzene rings is 1. The summed E-state index contributed by atoms with van der Waals surface area (Å²) < 4.78 is 9.83. The van der Waals surface area contributed by atoms with Gasteiger partial charge in [-0.2, -0.15) is 0 Å². The van der Waals surface area contributed by atoms with Gasteiger partial charge in [0.15, 0.2) is 0 Å². The largest absolute Gasteiger partial charge is 0.545 e. The SMILES string of the molecule is C=C(C)C(=O)OCC(O)COC(=O)CC[P+](CC)(CC)CC.O=C([O-])c1ccccc1. The maximum atomic E-state index is 11.8. The van der Waals surface area contributed by atoms with E-state index in [-0.39, 0.29) is 30.3 Å². The molecule has 174 valence electrons. The van der Waals surface area contributed by atoms with Crippen LogP contribution >= 0.6 is 7.26 Å². The number of ether oxygens (including phenoxy) is 2. The molecule has 1 unspecified atom stereocenters. The van der Waals surface area contributed by atoms with Crippen molar-refractivity contribution in [1.82, 2.24) is 0 Å². The van der Waals surface area contributed by atoms with Gasteiger partial charge in [0.25, 0.3) is 0 Å². The number of carboxylic acid groups (broad SMARTS) is 1. The molecule has 0 aliphatic heterocycles. The van der Waals surface area contributed by atoms with Crippen molar-refractivity contribution in [2.75, 3.05) is 37.9 Å². The van der Waals surface area contributed by atoms with Crippen LogP contribution in [0.3, 0.4) is 0 Å². The molecule has 1 aromatic carbocycles. The van der Waals surface area contributed by atoms with Crippen molar-refractivity contribution in [2.24, 2.45) is 0 Å². The molecule has 0 saturated heterocycles. The van der Waals surface area contributed by atoms with Gasteiger partial charge >= 0.3 is 11.9 Å². The summed E-state index contributed by atoms with van der Waals surface area (Å²) in [6, 6.07) is 8.06. The molecule has 0 amide bonds. The van der Waals surface area contributed by atoms with Gasteiger partial charge in [-0.3, -0.25) is 4.79 Å². The lowest BCUT2D eigenvalue weighted by atomic mass is 10.2. The van der Waals surface area contributed by atoms with Crippen molar-refractivity contribution in [3.8, 4) is 0 Å². The first kappa shape index (κ1) is 28.8. The number of carboxylic acids is 1. The smallest absolute Gasteiger partial charge is 0.333 e. The van der Waals surface area contributed by atoms with Crippen molar-refractivity contribution in [1.29, 1.82) is 0 Å². The molecule has 1 rings (SSSR count). The van der Waals surface area contributed by atoms with Crippen molar-refractivity contribution in [3.05, 3.63) is 48.0 Å². The van der Waals surface area contributed by atoms with Gasteiger partial charge in [0, 0.05) is 12.8 Å². The Labute approximate surface area is 185 Å². The highest BCUT2D eigenvalue weighted by atomic mass is 31.2. The second-order valence-electron chi connectivity index (χ2n) is 7.13. The predicted molar refractivity (Wildman–Crippen MR) is 122 cm³/mol.